The maximum absolute atomic E-state index is 12.3. The maximum Gasteiger partial charge on any atom is 0.356 e. The number of carbonyl (C=O) groups is 2. The minimum Gasteiger partial charge on any atom is -0.464 e. The lowest BCUT2D eigenvalue weighted by atomic mass is 9.82. The summed E-state index contributed by atoms with van der Waals surface area (Å²) in [7, 11) is 1.32. The van der Waals surface area contributed by atoms with E-state index in [0.717, 1.165) is 25.7 Å². The molecular weight excluding hydrogens is 386 g/mol. The highest BCUT2D eigenvalue weighted by molar-refractivity contribution is 5.88. The van der Waals surface area contributed by atoms with Crippen molar-refractivity contribution in [1.82, 2.24) is 25.2 Å². The lowest BCUT2D eigenvalue weighted by molar-refractivity contribution is -0.161. The summed E-state index contributed by atoms with van der Waals surface area (Å²) in [5.41, 5.74) is 1.10. The van der Waals surface area contributed by atoms with Crippen LogP contribution in [-0.4, -0.2) is 49.8 Å². The number of hydrogen-bond donors (Lipinski definition) is 0. The molecule has 0 N–H and O–H groups in total. The van der Waals surface area contributed by atoms with Gasteiger partial charge in [-0.05, 0) is 76.6 Å². The summed E-state index contributed by atoms with van der Waals surface area (Å²) in [6.07, 6.45) is 3.46. The van der Waals surface area contributed by atoms with Gasteiger partial charge >= 0.3 is 11.9 Å². The van der Waals surface area contributed by atoms with Crippen LogP contribution in [0.1, 0.15) is 62.6 Å². The lowest BCUT2D eigenvalue weighted by Crippen LogP contribution is -2.31. The number of hydrogen-bond acceptors (Lipinski definition) is 8. The average Bonchev–Trinajstić information content (AvgIpc) is 3.14. The summed E-state index contributed by atoms with van der Waals surface area (Å²) in [5, 5.41) is 12.8. The molecule has 2 aromatic heterocycles. The number of nitrogens with zero attached hydrogens (tertiary/aromatic N) is 5. The fourth-order valence-electron chi connectivity index (χ4n) is 3.64. The molecule has 9 heteroatoms. The van der Waals surface area contributed by atoms with Crippen LogP contribution in [0.4, 0.5) is 0 Å². The standard InChI is InChI=1S/C21H29N5O4/c1-13-10-16(11-17(22-13)20(28)29-5)18-23-25-26(24-18)12-14-6-8-15(9-7-14)19(27)30-21(2,3)4/h10-11,14-15H,6-9,12H2,1-5H3. The van der Waals surface area contributed by atoms with E-state index in [2.05, 4.69) is 20.4 Å². The molecule has 0 unspecified atom stereocenters. The Bertz CT molecular complexity index is 910. The van der Waals surface area contributed by atoms with Crippen molar-refractivity contribution in [1.29, 1.82) is 0 Å². The third-order valence-corrected chi connectivity index (χ3v) is 5.07. The number of aromatic nitrogens is 5. The van der Waals surface area contributed by atoms with Gasteiger partial charge in [-0.1, -0.05) is 0 Å². The molecular formula is C21H29N5O4. The molecule has 9 nitrogen and oxygen atoms in total. The molecule has 1 aliphatic carbocycles. The summed E-state index contributed by atoms with van der Waals surface area (Å²) in [6, 6.07) is 3.41. The molecule has 0 saturated heterocycles. The first-order valence-electron chi connectivity index (χ1n) is 10.2. The number of aryl methyl sites for hydroxylation is 1. The molecule has 3 rings (SSSR count). The van der Waals surface area contributed by atoms with Gasteiger partial charge in [-0.3, -0.25) is 4.79 Å². The van der Waals surface area contributed by atoms with Gasteiger partial charge in [0.25, 0.3) is 0 Å². The molecule has 0 bridgehead atoms. The van der Waals surface area contributed by atoms with Crippen molar-refractivity contribution in [3.63, 3.8) is 0 Å². The Morgan fingerprint density at radius 3 is 2.50 bits per heavy atom. The molecule has 1 fully saturated rings. The monoisotopic (exact) mass is 415 g/mol. The van der Waals surface area contributed by atoms with Crippen LogP contribution in [0.2, 0.25) is 0 Å². The molecule has 30 heavy (non-hydrogen) atoms. The quantitative estimate of drug-likeness (QED) is 0.686. The van der Waals surface area contributed by atoms with E-state index in [0.29, 0.717) is 29.5 Å². The SMILES string of the molecule is COC(=O)c1cc(-c2nnn(CC3CCC(C(=O)OC(C)(C)C)CC3)n2)cc(C)n1. The highest BCUT2D eigenvalue weighted by Crippen LogP contribution is 2.31. The molecule has 2 heterocycles. The van der Waals surface area contributed by atoms with E-state index in [9.17, 15) is 9.59 Å². The lowest BCUT2D eigenvalue weighted by Gasteiger charge is -2.29. The van der Waals surface area contributed by atoms with Gasteiger partial charge in [-0.15, -0.1) is 10.2 Å². The fraction of sp³-hybridized carbons (Fsp3) is 0.619. The first-order valence-corrected chi connectivity index (χ1v) is 10.2. The van der Waals surface area contributed by atoms with Crippen molar-refractivity contribution < 1.29 is 19.1 Å². The van der Waals surface area contributed by atoms with Crippen molar-refractivity contribution >= 4 is 11.9 Å². The number of esters is 2. The topological polar surface area (TPSA) is 109 Å². The number of ether oxygens (including phenoxy) is 2. The Hall–Kier alpha value is -2.84. The largest absolute Gasteiger partial charge is 0.464 e. The second-order valence-electron chi connectivity index (χ2n) is 8.79. The molecule has 0 radical (unpaired) electrons. The summed E-state index contributed by atoms with van der Waals surface area (Å²) < 4.78 is 10.3. The Morgan fingerprint density at radius 1 is 1.17 bits per heavy atom. The van der Waals surface area contributed by atoms with Gasteiger partial charge in [0.05, 0.1) is 19.6 Å². The van der Waals surface area contributed by atoms with Gasteiger partial charge in [0.15, 0.2) is 0 Å². The van der Waals surface area contributed by atoms with Gasteiger partial charge in [0.2, 0.25) is 5.82 Å². The van der Waals surface area contributed by atoms with Crippen LogP contribution >= 0.6 is 0 Å². The summed E-state index contributed by atoms with van der Waals surface area (Å²) in [5.74, 6) is 0.186. The first-order chi connectivity index (χ1) is 14.1. The predicted octanol–water partition coefficient (Wildman–Crippen LogP) is 2.98. The van der Waals surface area contributed by atoms with Crippen molar-refractivity contribution in [2.45, 2.75) is 65.5 Å². The molecule has 1 saturated carbocycles. The molecule has 0 aliphatic heterocycles. The van der Waals surface area contributed by atoms with Crippen LogP contribution in [0.25, 0.3) is 11.4 Å². The smallest absolute Gasteiger partial charge is 0.356 e. The van der Waals surface area contributed by atoms with Gasteiger partial charge in [0, 0.05) is 11.3 Å². The maximum atomic E-state index is 12.3. The minimum absolute atomic E-state index is 0.0312. The zero-order valence-corrected chi connectivity index (χ0v) is 18.2. The van der Waals surface area contributed by atoms with Gasteiger partial charge in [-0.25, -0.2) is 9.78 Å². The minimum atomic E-state index is -0.505. The number of methoxy groups -OCH3 is 1. The number of pyridine rings is 1. The number of carbonyl (C=O) groups excluding carboxylic acids is 2. The molecule has 162 valence electrons. The molecule has 2 aromatic rings. The molecule has 0 spiro atoms. The van der Waals surface area contributed by atoms with Crippen LogP contribution in [0.3, 0.4) is 0 Å². The predicted molar refractivity (Wildman–Crippen MR) is 108 cm³/mol. The van der Waals surface area contributed by atoms with Crippen LogP contribution in [0.5, 0.6) is 0 Å². The van der Waals surface area contributed by atoms with Crippen LogP contribution in [0.15, 0.2) is 12.1 Å². The number of tetrazole rings is 1. The van der Waals surface area contributed by atoms with Gasteiger partial charge < -0.3 is 9.47 Å². The third kappa shape index (κ3) is 5.61. The second kappa shape index (κ2) is 8.89. The van der Waals surface area contributed by atoms with E-state index in [1.165, 1.54) is 7.11 Å². The summed E-state index contributed by atoms with van der Waals surface area (Å²) >= 11 is 0. The van der Waals surface area contributed by atoms with Gasteiger partial charge in [-0.2, -0.15) is 4.80 Å². The zero-order chi connectivity index (χ0) is 21.9. The van der Waals surface area contributed by atoms with E-state index >= 15 is 0 Å². The van der Waals surface area contributed by atoms with Crippen LogP contribution < -0.4 is 0 Å². The van der Waals surface area contributed by atoms with Crippen LogP contribution in [-0.2, 0) is 20.8 Å². The van der Waals surface area contributed by atoms with Crippen molar-refractivity contribution in [3.8, 4) is 11.4 Å². The molecule has 0 amide bonds. The zero-order valence-electron chi connectivity index (χ0n) is 18.2. The number of rotatable bonds is 5. The van der Waals surface area contributed by atoms with E-state index in [4.69, 9.17) is 9.47 Å². The van der Waals surface area contributed by atoms with Crippen molar-refractivity contribution in [3.05, 3.63) is 23.5 Å². The second-order valence-corrected chi connectivity index (χ2v) is 8.79. The Morgan fingerprint density at radius 2 is 1.87 bits per heavy atom. The van der Waals surface area contributed by atoms with E-state index in [1.807, 2.05) is 20.8 Å². The van der Waals surface area contributed by atoms with Crippen molar-refractivity contribution in [2.75, 3.05) is 7.11 Å². The molecule has 0 aromatic carbocycles. The summed E-state index contributed by atoms with van der Waals surface area (Å²) in [6.45, 7) is 8.11. The third-order valence-electron chi connectivity index (χ3n) is 5.07. The molecule has 0 atom stereocenters. The van der Waals surface area contributed by atoms with E-state index in [1.54, 1.807) is 23.9 Å². The normalized spacial score (nSPS) is 19.4. The highest BCUT2D eigenvalue weighted by atomic mass is 16.6. The Kier molecular flexibility index (Phi) is 6.48. The van der Waals surface area contributed by atoms with E-state index in [-0.39, 0.29) is 17.6 Å². The Labute approximate surface area is 176 Å². The fourth-order valence-corrected chi connectivity index (χ4v) is 3.64. The average molecular weight is 415 g/mol. The van der Waals surface area contributed by atoms with E-state index < -0.39 is 11.6 Å². The van der Waals surface area contributed by atoms with Gasteiger partial charge in [0.1, 0.15) is 11.3 Å². The first kappa shape index (κ1) is 21.9. The Balaban J connectivity index is 1.60. The highest BCUT2D eigenvalue weighted by Gasteiger charge is 2.30. The van der Waals surface area contributed by atoms with Crippen LogP contribution in [0, 0.1) is 18.8 Å². The summed E-state index contributed by atoms with van der Waals surface area (Å²) in [4.78, 5) is 29.8. The van der Waals surface area contributed by atoms with Crippen molar-refractivity contribution in [2.24, 2.45) is 11.8 Å². The molecule has 1 aliphatic rings.